The van der Waals surface area contributed by atoms with Gasteiger partial charge in [-0.1, -0.05) is 12.1 Å². The zero-order valence-corrected chi connectivity index (χ0v) is 16.4. The normalized spacial score (nSPS) is 25.4. The number of hydrogen-bond acceptors (Lipinski definition) is 4. The molecule has 2 aliphatic heterocycles. The van der Waals surface area contributed by atoms with Crippen molar-refractivity contribution in [2.24, 2.45) is 5.92 Å². The summed E-state index contributed by atoms with van der Waals surface area (Å²) in [5.74, 6) is 0.462. The van der Waals surface area contributed by atoms with E-state index in [2.05, 4.69) is 16.0 Å². The van der Waals surface area contributed by atoms with E-state index in [4.69, 9.17) is 0 Å². The number of halogens is 1. The summed E-state index contributed by atoms with van der Waals surface area (Å²) in [6.07, 6.45) is 5.57. The fourth-order valence-electron chi connectivity index (χ4n) is 4.40. The Balaban J connectivity index is 1.46. The highest BCUT2D eigenvalue weighted by molar-refractivity contribution is 5.93. The van der Waals surface area contributed by atoms with E-state index >= 15 is 0 Å². The van der Waals surface area contributed by atoms with Gasteiger partial charge in [-0.05, 0) is 50.3 Å². The maximum absolute atomic E-state index is 13.3. The minimum atomic E-state index is -0.212. The molecule has 1 amide bonds. The maximum Gasteiger partial charge on any atom is 0.257 e. The molecule has 2 saturated heterocycles. The summed E-state index contributed by atoms with van der Waals surface area (Å²) in [5, 5.41) is 4.30. The number of rotatable bonds is 4. The second kappa shape index (κ2) is 8.01. The molecule has 6 nitrogen and oxygen atoms in total. The molecule has 0 bridgehead atoms. The summed E-state index contributed by atoms with van der Waals surface area (Å²) in [6, 6.07) is 7.24. The zero-order chi connectivity index (χ0) is 19.7. The summed E-state index contributed by atoms with van der Waals surface area (Å²) in [7, 11) is 0. The average Bonchev–Trinajstić information content (AvgIpc) is 3.38. The zero-order valence-electron chi connectivity index (χ0n) is 16.4. The van der Waals surface area contributed by atoms with Crippen LogP contribution in [0.15, 0.2) is 36.7 Å². The van der Waals surface area contributed by atoms with Gasteiger partial charge in [-0.2, -0.15) is 5.10 Å². The van der Waals surface area contributed by atoms with Gasteiger partial charge in [-0.25, -0.2) is 4.39 Å². The Morgan fingerprint density at radius 2 is 2.07 bits per heavy atom. The van der Waals surface area contributed by atoms with Crippen molar-refractivity contribution in [2.45, 2.75) is 44.7 Å². The average molecular weight is 385 g/mol. The van der Waals surface area contributed by atoms with Crippen LogP contribution >= 0.6 is 0 Å². The number of hydrogen-bond donors (Lipinski definition) is 2. The third-order valence-electron chi connectivity index (χ3n) is 5.95. The van der Waals surface area contributed by atoms with Crippen molar-refractivity contribution in [3.05, 3.63) is 53.6 Å². The first kappa shape index (κ1) is 19.1. The van der Waals surface area contributed by atoms with Crippen LogP contribution in [-0.2, 0) is 0 Å². The number of nitrogens with zero attached hydrogens (tertiary/aromatic N) is 3. The summed E-state index contributed by atoms with van der Waals surface area (Å²) >= 11 is 0. The van der Waals surface area contributed by atoms with Gasteiger partial charge in [-0.3, -0.25) is 20.3 Å². The topological polar surface area (TPSA) is 62.2 Å². The van der Waals surface area contributed by atoms with Gasteiger partial charge in [0.25, 0.3) is 5.91 Å². The van der Waals surface area contributed by atoms with E-state index in [-0.39, 0.29) is 29.7 Å². The lowest BCUT2D eigenvalue weighted by atomic mass is 9.81. The second-order valence-electron chi connectivity index (χ2n) is 8.17. The third-order valence-corrected chi connectivity index (χ3v) is 5.95. The van der Waals surface area contributed by atoms with Crippen molar-refractivity contribution in [1.82, 2.24) is 25.5 Å². The maximum atomic E-state index is 13.3. The molecule has 150 valence electrons. The molecule has 0 aliphatic carbocycles. The van der Waals surface area contributed by atoms with Crippen molar-refractivity contribution < 1.29 is 9.18 Å². The van der Waals surface area contributed by atoms with E-state index in [1.165, 1.54) is 12.1 Å². The van der Waals surface area contributed by atoms with E-state index in [1.54, 1.807) is 6.20 Å². The minimum absolute atomic E-state index is 0.0564. The lowest BCUT2D eigenvalue weighted by Gasteiger charge is -2.37. The Bertz CT molecular complexity index is 818. The van der Waals surface area contributed by atoms with Crippen LogP contribution < -0.4 is 10.9 Å². The highest BCUT2D eigenvalue weighted by atomic mass is 19.1. The van der Waals surface area contributed by atoms with Gasteiger partial charge in [0, 0.05) is 43.8 Å². The fourth-order valence-corrected chi connectivity index (χ4v) is 4.40. The SMILES string of the molecule is CC(C)n1cc(C(=O)N2CCCC(C3NNCC3c3ccc(F)cc3)C2)cn1. The highest BCUT2D eigenvalue weighted by Crippen LogP contribution is 2.32. The molecule has 2 fully saturated rings. The summed E-state index contributed by atoms with van der Waals surface area (Å²) in [4.78, 5) is 14.9. The van der Waals surface area contributed by atoms with E-state index in [9.17, 15) is 9.18 Å². The number of carbonyl (C=O) groups excluding carboxylic acids is 1. The molecule has 1 aromatic carbocycles. The van der Waals surface area contributed by atoms with Gasteiger partial charge in [0.1, 0.15) is 5.82 Å². The molecule has 0 radical (unpaired) electrons. The first-order chi connectivity index (χ1) is 13.5. The number of piperidine rings is 1. The van der Waals surface area contributed by atoms with Crippen LogP contribution in [0.2, 0.25) is 0 Å². The monoisotopic (exact) mass is 385 g/mol. The fraction of sp³-hybridized carbons (Fsp3) is 0.524. The minimum Gasteiger partial charge on any atom is -0.338 e. The van der Waals surface area contributed by atoms with E-state index < -0.39 is 0 Å². The Kier molecular flexibility index (Phi) is 5.46. The Labute approximate surface area is 165 Å². The van der Waals surface area contributed by atoms with Crippen LogP contribution in [0.3, 0.4) is 0 Å². The summed E-state index contributed by atoms with van der Waals surface area (Å²) in [6.45, 7) is 6.41. The number of hydrazine groups is 1. The number of likely N-dealkylation sites (tertiary alicyclic amines) is 1. The molecular formula is C21H28FN5O. The molecule has 0 spiro atoms. The first-order valence-electron chi connectivity index (χ1n) is 10.1. The van der Waals surface area contributed by atoms with Gasteiger partial charge < -0.3 is 4.90 Å². The van der Waals surface area contributed by atoms with Crippen LogP contribution in [0.1, 0.15) is 54.6 Å². The van der Waals surface area contributed by atoms with Crippen molar-refractivity contribution in [1.29, 1.82) is 0 Å². The Morgan fingerprint density at radius 3 is 2.79 bits per heavy atom. The number of aromatic nitrogens is 2. The van der Waals surface area contributed by atoms with Gasteiger partial charge in [0.15, 0.2) is 0 Å². The van der Waals surface area contributed by atoms with Crippen LogP contribution in [-0.4, -0.2) is 46.3 Å². The van der Waals surface area contributed by atoms with Crippen LogP contribution in [0.5, 0.6) is 0 Å². The second-order valence-corrected chi connectivity index (χ2v) is 8.17. The van der Waals surface area contributed by atoms with Crippen LogP contribution in [0.25, 0.3) is 0 Å². The van der Waals surface area contributed by atoms with Gasteiger partial charge >= 0.3 is 0 Å². The van der Waals surface area contributed by atoms with E-state index in [0.29, 0.717) is 11.5 Å². The van der Waals surface area contributed by atoms with E-state index in [0.717, 1.165) is 38.0 Å². The molecule has 3 atom stereocenters. The van der Waals surface area contributed by atoms with Crippen molar-refractivity contribution in [3.8, 4) is 0 Å². The van der Waals surface area contributed by atoms with Crippen molar-refractivity contribution in [2.75, 3.05) is 19.6 Å². The smallest absolute Gasteiger partial charge is 0.257 e. The molecule has 4 rings (SSSR count). The molecule has 7 heteroatoms. The number of benzene rings is 1. The van der Waals surface area contributed by atoms with Gasteiger partial charge in [0.2, 0.25) is 0 Å². The third kappa shape index (κ3) is 3.82. The Morgan fingerprint density at radius 1 is 1.29 bits per heavy atom. The summed E-state index contributed by atoms with van der Waals surface area (Å²) < 4.78 is 15.1. The van der Waals surface area contributed by atoms with Crippen molar-refractivity contribution >= 4 is 5.91 Å². The lowest BCUT2D eigenvalue weighted by molar-refractivity contribution is 0.0644. The molecule has 2 aliphatic rings. The quantitative estimate of drug-likeness (QED) is 0.850. The van der Waals surface area contributed by atoms with E-state index in [1.807, 2.05) is 41.8 Å². The van der Waals surface area contributed by atoms with Crippen LogP contribution in [0.4, 0.5) is 4.39 Å². The molecular weight excluding hydrogens is 357 g/mol. The Hall–Kier alpha value is -2.25. The number of carbonyl (C=O) groups is 1. The molecule has 1 aromatic heterocycles. The number of nitrogens with one attached hydrogen (secondary N) is 2. The molecule has 3 unspecified atom stereocenters. The first-order valence-corrected chi connectivity index (χ1v) is 10.1. The molecule has 2 N–H and O–H groups in total. The van der Waals surface area contributed by atoms with Gasteiger partial charge in [-0.15, -0.1) is 0 Å². The predicted molar refractivity (Wildman–Crippen MR) is 105 cm³/mol. The summed E-state index contributed by atoms with van der Waals surface area (Å²) in [5.41, 5.74) is 8.46. The van der Waals surface area contributed by atoms with Gasteiger partial charge in [0.05, 0.1) is 11.8 Å². The molecule has 3 heterocycles. The highest BCUT2D eigenvalue weighted by Gasteiger charge is 2.37. The molecule has 0 saturated carbocycles. The van der Waals surface area contributed by atoms with Crippen LogP contribution in [0, 0.1) is 11.7 Å². The standard InChI is InChI=1S/C21H28FN5O/c1-14(2)27-13-17(10-24-27)21(28)26-9-3-4-16(12-26)20-19(11-23-25-20)15-5-7-18(22)8-6-15/h5-8,10,13-14,16,19-20,23,25H,3-4,9,11-12H2,1-2H3. The lowest BCUT2D eigenvalue weighted by Crippen LogP contribution is -2.48. The predicted octanol–water partition coefficient (Wildman–Crippen LogP) is 2.72. The van der Waals surface area contributed by atoms with Crippen molar-refractivity contribution in [3.63, 3.8) is 0 Å². The largest absolute Gasteiger partial charge is 0.338 e. The molecule has 2 aromatic rings. The number of amides is 1. The molecule has 28 heavy (non-hydrogen) atoms.